The summed E-state index contributed by atoms with van der Waals surface area (Å²) in [6.45, 7) is 1.68. The van der Waals surface area contributed by atoms with Crippen molar-refractivity contribution in [2.75, 3.05) is 18.4 Å². The van der Waals surface area contributed by atoms with E-state index in [0.717, 1.165) is 37.4 Å². The molecule has 120 valence electrons. The lowest BCUT2D eigenvalue weighted by Gasteiger charge is -2.21. The number of anilines is 1. The molecule has 4 nitrogen and oxygen atoms in total. The molecular weight excluding hydrogens is 288 g/mol. The number of nitrogens with one attached hydrogen (secondary N) is 1. The van der Waals surface area contributed by atoms with E-state index in [0.29, 0.717) is 5.75 Å². The minimum absolute atomic E-state index is 0.0243. The van der Waals surface area contributed by atoms with Gasteiger partial charge in [0.15, 0.2) is 0 Å². The number of carbonyl (C=O) groups excluding carboxylic acids is 1. The number of nitrogens with zero attached hydrogens (tertiary/aromatic N) is 1. The van der Waals surface area contributed by atoms with Crippen LogP contribution in [0.5, 0.6) is 11.5 Å². The number of ether oxygens (including phenoxy) is 1. The summed E-state index contributed by atoms with van der Waals surface area (Å²) < 4.78 is 5.80. The first kappa shape index (κ1) is 15.4. The maximum absolute atomic E-state index is 12.4. The average Bonchev–Trinajstić information content (AvgIpc) is 2.85. The van der Waals surface area contributed by atoms with Crippen molar-refractivity contribution in [1.82, 2.24) is 4.90 Å². The highest BCUT2D eigenvalue weighted by molar-refractivity contribution is 5.89. The summed E-state index contributed by atoms with van der Waals surface area (Å²) in [6.07, 6.45) is 4.60. The Morgan fingerprint density at radius 3 is 2.30 bits per heavy atom. The molecule has 3 rings (SSSR count). The number of urea groups is 1. The molecule has 0 aromatic heterocycles. The topological polar surface area (TPSA) is 41.6 Å². The van der Waals surface area contributed by atoms with E-state index in [1.54, 1.807) is 0 Å². The van der Waals surface area contributed by atoms with E-state index in [4.69, 9.17) is 4.74 Å². The Morgan fingerprint density at radius 1 is 0.870 bits per heavy atom. The zero-order valence-electron chi connectivity index (χ0n) is 13.2. The Hall–Kier alpha value is -2.49. The highest BCUT2D eigenvalue weighted by Gasteiger charge is 2.15. The number of carbonyl (C=O) groups is 1. The van der Waals surface area contributed by atoms with Crippen molar-refractivity contribution in [2.45, 2.75) is 25.7 Å². The molecule has 1 aliphatic heterocycles. The van der Waals surface area contributed by atoms with Gasteiger partial charge >= 0.3 is 6.03 Å². The van der Waals surface area contributed by atoms with Crippen LogP contribution in [0.25, 0.3) is 0 Å². The molecule has 0 bridgehead atoms. The monoisotopic (exact) mass is 310 g/mol. The normalized spacial score (nSPS) is 14.9. The van der Waals surface area contributed by atoms with Crippen molar-refractivity contribution in [1.29, 1.82) is 0 Å². The number of hydrogen-bond donors (Lipinski definition) is 1. The standard InChI is InChI=1S/C19H22N2O2/c22-19(21-13-6-1-2-7-14-21)20-16-9-8-12-18(15-16)23-17-10-4-3-5-11-17/h3-5,8-12,15H,1-2,6-7,13-14H2,(H,20,22). The van der Waals surface area contributed by atoms with Crippen molar-refractivity contribution in [3.8, 4) is 11.5 Å². The van der Waals surface area contributed by atoms with E-state index in [1.807, 2.05) is 59.5 Å². The maximum Gasteiger partial charge on any atom is 0.321 e. The molecular formula is C19H22N2O2. The summed E-state index contributed by atoms with van der Waals surface area (Å²) in [6, 6.07) is 17.1. The van der Waals surface area contributed by atoms with Gasteiger partial charge in [0.1, 0.15) is 11.5 Å². The molecule has 2 aromatic rings. The van der Waals surface area contributed by atoms with Crippen molar-refractivity contribution in [3.63, 3.8) is 0 Å². The van der Waals surface area contributed by atoms with Crippen LogP contribution in [0.3, 0.4) is 0 Å². The van der Waals surface area contributed by atoms with Crippen LogP contribution in [-0.2, 0) is 0 Å². The minimum atomic E-state index is -0.0243. The minimum Gasteiger partial charge on any atom is -0.457 e. The van der Waals surface area contributed by atoms with E-state index >= 15 is 0 Å². The molecule has 1 saturated heterocycles. The summed E-state index contributed by atoms with van der Waals surface area (Å²) in [5.74, 6) is 1.49. The molecule has 2 aromatic carbocycles. The largest absolute Gasteiger partial charge is 0.457 e. The fraction of sp³-hybridized carbons (Fsp3) is 0.316. The number of rotatable bonds is 3. The first-order chi connectivity index (χ1) is 11.3. The molecule has 1 aliphatic rings. The molecule has 23 heavy (non-hydrogen) atoms. The van der Waals surface area contributed by atoms with Gasteiger partial charge in [-0.25, -0.2) is 4.79 Å². The Morgan fingerprint density at radius 2 is 1.57 bits per heavy atom. The number of amides is 2. The lowest BCUT2D eigenvalue weighted by atomic mass is 10.2. The average molecular weight is 310 g/mol. The van der Waals surface area contributed by atoms with E-state index < -0.39 is 0 Å². The smallest absolute Gasteiger partial charge is 0.321 e. The summed E-state index contributed by atoms with van der Waals surface area (Å²) in [5.41, 5.74) is 0.757. The van der Waals surface area contributed by atoms with E-state index in [2.05, 4.69) is 5.32 Å². The van der Waals surface area contributed by atoms with Gasteiger partial charge < -0.3 is 15.0 Å². The van der Waals surface area contributed by atoms with Crippen LogP contribution in [0, 0.1) is 0 Å². The predicted molar refractivity (Wildman–Crippen MR) is 92.0 cm³/mol. The molecule has 0 atom stereocenters. The van der Waals surface area contributed by atoms with Gasteiger partial charge in [-0.3, -0.25) is 0 Å². The summed E-state index contributed by atoms with van der Waals surface area (Å²) in [7, 11) is 0. The summed E-state index contributed by atoms with van der Waals surface area (Å²) >= 11 is 0. The molecule has 0 unspecified atom stereocenters. The Bertz CT molecular complexity index is 635. The first-order valence-electron chi connectivity index (χ1n) is 8.20. The van der Waals surface area contributed by atoms with E-state index in [9.17, 15) is 4.79 Å². The van der Waals surface area contributed by atoms with E-state index in [-0.39, 0.29) is 6.03 Å². The van der Waals surface area contributed by atoms with Crippen molar-refractivity contribution < 1.29 is 9.53 Å². The van der Waals surface area contributed by atoms with Gasteiger partial charge in [-0.05, 0) is 37.1 Å². The number of hydrogen-bond acceptors (Lipinski definition) is 2. The van der Waals surface area contributed by atoms with Crippen LogP contribution in [0.1, 0.15) is 25.7 Å². The molecule has 1 N–H and O–H groups in total. The molecule has 1 fully saturated rings. The molecule has 0 radical (unpaired) electrons. The summed E-state index contributed by atoms with van der Waals surface area (Å²) in [5, 5.41) is 2.97. The van der Waals surface area contributed by atoms with E-state index in [1.165, 1.54) is 12.8 Å². The predicted octanol–water partition coefficient (Wildman–Crippen LogP) is 4.89. The third-order valence-corrected chi connectivity index (χ3v) is 3.96. The SMILES string of the molecule is O=C(Nc1cccc(Oc2ccccc2)c1)N1CCCCCC1. The second kappa shape index (κ2) is 7.68. The van der Waals surface area contributed by atoms with Crippen LogP contribution < -0.4 is 10.1 Å². The molecule has 0 aliphatic carbocycles. The fourth-order valence-electron chi connectivity index (χ4n) is 2.74. The highest BCUT2D eigenvalue weighted by atomic mass is 16.5. The molecule has 0 spiro atoms. The number of para-hydroxylation sites is 1. The maximum atomic E-state index is 12.4. The van der Waals surface area contributed by atoms with Gasteiger partial charge in [-0.15, -0.1) is 0 Å². The molecule has 4 heteroatoms. The lowest BCUT2D eigenvalue weighted by molar-refractivity contribution is 0.214. The van der Waals surface area contributed by atoms with Crippen LogP contribution in [0.15, 0.2) is 54.6 Å². The van der Waals surface area contributed by atoms with Crippen LogP contribution >= 0.6 is 0 Å². The van der Waals surface area contributed by atoms with Crippen molar-refractivity contribution in [2.24, 2.45) is 0 Å². The Balaban J connectivity index is 1.64. The van der Waals surface area contributed by atoms with Gasteiger partial charge in [0, 0.05) is 24.8 Å². The highest BCUT2D eigenvalue weighted by Crippen LogP contribution is 2.24. The quantitative estimate of drug-likeness (QED) is 0.877. The second-order valence-electron chi connectivity index (χ2n) is 5.77. The second-order valence-corrected chi connectivity index (χ2v) is 5.77. The third-order valence-electron chi connectivity index (χ3n) is 3.96. The van der Waals surface area contributed by atoms with Crippen LogP contribution in [0.2, 0.25) is 0 Å². The molecule has 0 saturated carbocycles. The van der Waals surface area contributed by atoms with Gasteiger partial charge in [-0.1, -0.05) is 37.1 Å². The summed E-state index contributed by atoms with van der Waals surface area (Å²) in [4.78, 5) is 14.3. The molecule has 1 heterocycles. The first-order valence-corrected chi connectivity index (χ1v) is 8.20. The zero-order valence-corrected chi connectivity index (χ0v) is 13.2. The van der Waals surface area contributed by atoms with Crippen LogP contribution in [-0.4, -0.2) is 24.0 Å². The molecule has 2 amide bonds. The lowest BCUT2D eigenvalue weighted by Crippen LogP contribution is -2.35. The Labute approximate surface area is 137 Å². The van der Waals surface area contributed by atoms with Gasteiger partial charge in [0.2, 0.25) is 0 Å². The zero-order chi connectivity index (χ0) is 15.9. The van der Waals surface area contributed by atoms with Gasteiger partial charge in [0.05, 0.1) is 0 Å². The third kappa shape index (κ3) is 4.49. The number of likely N-dealkylation sites (tertiary alicyclic amines) is 1. The Kier molecular flexibility index (Phi) is 5.14. The fourth-order valence-corrected chi connectivity index (χ4v) is 2.74. The van der Waals surface area contributed by atoms with Crippen molar-refractivity contribution >= 4 is 11.7 Å². The van der Waals surface area contributed by atoms with Crippen molar-refractivity contribution in [3.05, 3.63) is 54.6 Å². The van der Waals surface area contributed by atoms with Crippen LogP contribution in [0.4, 0.5) is 10.5 Å². The number of benzene rings is 2. The van der Waals surface area contributed by atoms with Gasteiger partial charge in [0.25, 0.3) is 0 Å². The van der Waals surface area contributed by atoms with Gasteiger partial charge in [-0.2, -0.15) is 0 Å².